The van der Waals surface area contributed by atoms with Crippen molar-refractivity contribution in [2.24, 2.45) is 0 Å². The molecule has 0 unspecified atom stereocenters. The second-order valence-corrected chi connectivity index (χ2v) is 6.18. The van der Waals surface area contributed by atoms with Crippen LogP contribution in [0.3, 0.4) is 0 Å². The van der Waals surface area contributed by atoms with E-state index >= 15 is 0 Å². The predicted octanol–water partition coefficient (Wildman–Crippen LogP) is 2.04. The molecular formula is C14H18N2O2S. The van der Waals surface area contributed by atoms with Crippen molar-refractivity contribution in [2.75, 3.05) is 18.5 Å². The van der Waals surface area contributed by atoms with Crippen molar-refractivity contribution >= 4 is 29.3 Å². The fourth-order valence-corrected chi connectivity index (χ4v) is 3.35. The summed E-state index contributed by atoms with van der Waals surface area (Å²) in [7, 11) is 1.71. The summed E-state index contributed by atoms with van der Waals surface area (Å²) in [6.45, 7) is 4.27. The van der Waals surface area contributed by atoms with Crippen molar-refractivity contribution in [3.05, 3.63) is 24.3 Å². The maximum absolute atomic E-state index is 12.5. The third-order valence-electron chi connectivity index (χ3n) is 3.22. The molecule has 1 N–H and O–H groups in total. The van der Waals surface area contributed by atoms with Gasteiger partial charge in [-0.15, -0.1) is 0 Å². The number of benzene rings is 1. The molecule has 1 heterocycles. The summed E-state index contributed by atoms with van der Waals surface area (Å²) < 4.78 is -1.09. The molecule has 2 amide bonds. The molecule has 19 heavy (non-hydrogen) atoms. The molecule has 2 rings (SSSR count). The van der Waals surface area contributed by atoms with Gasteiger partial charge in [-0.25, -0.2) is 0 Å². The van der Waals surface area contributed by atoms with E-state index < -0.39 is 4.75 Å². The molecule has 1 aromatic carbocycles. The van der Waals surface area contributed by atoms with Crippen LogP contribution in [0.25, 0.3) is 0 Å². The van der Waals surface area contributed by atoms with E-state index in [1.165, 1.54) is 11.8 Å². The van der Waals surface area contributed by atoms with Crippen molar-refractivity contribution in [1.29, 1.82) is 0 Å². The topological polar surface area (TPSA) is 49.4 Å². The fraction of sp³-hybridized carbons (Fsp3) is 0.429. The average molecular weight is 278 g/mol. The van der Waals surface area contributed by atoms with Crippen LogP contribution in [-0.4, -0.2) is 30.2 Å². The van der Waals surface area contributed by atoms with E-state index in [2.05, 4.69) is 5.32 Å². The quantitative estimate of drug-likeness (QED) is 0.861. The van der Waals surface area contributed by atoms with Gasteiger partial charge in [-0.2, -0.15) is 0 Å². The summed E-state index contributed by atoms with van der Waals surface area (Å²) >= 11 is 1.33. The van der Waals surface area contributed by atoms with Gasteiger partial charge in [-0.05, 0) is 25.5 Å². The number of hydrogen-bond acceptors (Lipinski definition) is 3. The largest absolute Gasteiger partial charge is 0.354 e. The van der Waals surface area contributed by atoms with Crippen molar-refractivity contribution in [3.63, 3.8) is 0 Å². The van der Waals surface area contributed by atoms with Crippen molar-refractivity contribution < 1.29 is 9.59 Å². The molecule has 0 bridgehead atoms. The molecule has 102 valence electrons. The Hall–Kier alpha value is -1.49. The summed E-state index contributed by atoms with van der Waals surface area (Å²) in [6, 6.07) is 7.64. The Kier molecular flexibility index (Phi) is 3.85. The second kappa shape index (κ2) is 5.25. The fourth-order valence-electron chi connectivity index (χ4n) is 2.06. The van der Waals surface area contributed by atoms with Crippen molar-refractivity contribution in [2.45, 2.75) is 29.9 Å². The highest BCUT2D eigenvalue weighted by molar-refractivity contribution is 8.02. The van der Waals surface area contributed by atoms with Gasteiger partial charge in [0.05, 0.1) is 5.69 Å². The Morgan fingerprint density at radius 2 is 2.11 bits per heavy atom. The molecule has 0 saturated carbocycles. The van der Waals surface area contributed by atoms with Crippen LogP contribution < -0.4 is 10.2 Å². The third-order valence-corrected chi connectivity index (χ3v) is 4.56. The zero-order valence-electron chi connectivity index (χ0n) is 11.4. The Bertz CT molecular complexity index is 518. The SMILES string of the molecule is CCCNC(=O)[C@@]1(C)Sc2ccccc2N(C)C1=O. The zero-order chi connectivity index (χ0) is 14.0. The van der Waals surface area contributed by atoms with Gasteiger partial charge < -0.3 is 10.2 Å². The van der Waals surface area contributed by atoms with Crippen LogP contribution in [0.1, 0.15) is 20.3 Å². The van der Waals surface area contributed by atoms with Gasteiger partial charge in [-0.3, -0.25) is 9.59 Å². The standard InChI is InChI=1S/C14H18N2O2S/c1-4-9-15-12(17)14(2)13(18)16(3)10-7-5-6-8-11(10)19-14/h5-8H,4,9H2,1-3H3,(H,15,17)/t14-/m1/s1. The molecule has 0 saturated heterocycles. The molecule has 1 aromatic rings. The summed E-state index contributed by atoms with van der Waals surface area (Å²) in [5, 5.41) is 2.82. The molecule has 4 nitrogen and oxygen atoms in total. The first-order valence-corrected chi connectivity index (χ1v) is 7.17. The van der Waals surface area contributed by atoms with Gasteiger partial charge in [0.1, 0.15) is 0 Å². The van der Waals surface area contributed by atoms with E-state index in [-0.39, 0.29) is 11.8 Å². The number of nitrogens with zero attached hydrogens (tertiary/aromatic N) is 1. The number of anilines is 1. The lowest BCUT2D eigenvalue weighted by atomic mass is 10.1. The molecule has 0 radical (unpaired) electrons. The average Bonchev–Trinajstić information content (AvgIpc) is 2.42. The van der Waals surface area contributed by atoms with Crippen molar-refractivity contribution in [1.82, 2.24) is 5.32 Å². The van der Waals surface area contributed by atoms with Gasteiger partial charge in [0.2, 0.25) is 5.91 Å². The Morgan fingerprint density at radius 1 is 1.42 bits per heavy atom. The lowest BCUT2D eigenvalue weighted by molar-refractivity contribution is -0.131. The summed E-state index contributed by atoms with van der Waals surface area (Å²) in [4.78, 5) is 27.2. The molecule has 5 heteroatoms. The van der Waals surface area contributed by atoms with E-state index in [1.54, 1.807) is 18.9 Å². The molecule has 0 spiro atoms. The lowest BCUT2D eigenvalue weighted by Crippen LogP contribution is -2.55. The molecule has 1 aliphatic rings. The summed E-state index contributed by atoms with van der Waals surface area (Å²) in [6.07, 6.45) is 0.854. The second-order valence-electron chi connectivity index (χ2n) is 4.72. The molecule has 1 aliphatic heterocycles. The molecule has 0 fully saturated rings. The van der Waals surface area contributed by atoms with Gasteiger partial charge in [0, 0.05) is 18.5 Å². The molecular weight excluding hydrogens is 260 g/mol. The number of para-hydroxylation sites is 1. The molecule has 0 aromatic heterocycles. The third kappa shape index (κ3) is 2.34. The van der Waals surface area contributed by atoms with Crippen LogP contribution in [-0.2, 0) is 9.59 Å². The minimum atomic E-state index is -1.09. The Balaban J connectivity index is 2.34. The number of thioether (sulfide) groups is 1. The minimum Gasteiger partial charge on any atom is -0.354 e. The first kappa shape index (κ1) is 13.9. The van der Waals surface area contributed by atoms with E-state index in [4.69, 9.17) is 0 Å². The maximum Gasteiger partial charge on any atom is 0.252 e. The number of amides is 2. The Labute approximate surface area is 117 Å². The van der Waals surface area contributed by atoms with Gasteiger partial charge in [0.15, 0.2) is 4.75 Å². The monoisotopic (exact) mass is 278 g/mol. The predicted molar refractivity (Wildman–Crippen MR) is 77.4 cm³/mol. The van der Waals surface area contributed by atoms with Crippen LogP contribution in [0.4, 0.5) is 5.69 Å². The summed E-state index contributed by atoms with van der Waals surface area (Å²) in [5.41, 5.74) is 0.860. The zero-order valence-corrected chi connectivity index (χ0v) is 12.2. The van der Waals surface area contributed by atoms with Gasteiger partial charge >= 0.3 is 0 Å². The number of carbonyl (C=O) groups excluding carboxylic acids is 2. The van der Waals surface area contributed by atoms with E-state index in [0.29, 0.717) is 6.54 Å². The van der Waals surface area contributed by atoms with Crippen LogP contribution in [0.5, 0.6) is 0 Å². The first-order chi connectivity index (χ1) is 9.00. The van der Waals surface area contributed by atoms with Gasteiger partial charge in [0.25, 0.3) is 5.91 Å². The lowest BCUT2D eigenvalue weighted by Gasteiger charge is -2.36. The summed E-state index contributed by atoms with van der Waals surface area (Å²) in [5.74, 6) is -0.393. The normalized spacial score (nSPS) is 22.1. The van der Waals surface area contributed by atoms with E-state index in [1.807, 2.05) is 31.2 Å². The van der Waals surface area contributed by atoms with Crippen LogP contribution in [0.2, 0.25) is 0 Å². The van der Waals surface area contributed by atoms with Crippen molar-refractivity contribution in [3.8, 4) is 0 Å². The van der Waals surface area contributed by atoms with Crippen LogP contribution in [0, 0.1) is 0 Å². The number of rotatable bonds is 3. The number of hydrogen-bond donors (Lipinski definition) is 1. The Morgan fingerprint density at radius 3 is 2.79 bits per heavy atom. The number of carbonyl (C=O) groups is 2. The molecule has 0 aliphatic carbocycles. The number of nitrogens with one attached hydrogen (secondary N) is 1. The van der Waals surface area contributed by atoms with Crippen LogP contribution in [0.15, 0.2) is 29.2 Å². The maximum atomic E-state index is 12.5. The highest BCUT2D eigenvalue weighted by atomic mass is 32.2. The smallest absolute Gasteiger partial charge is 0.252 e. The van der Waals surface area contributed by atoms with Gasteiger partial charge in [-0.1, -0.05) is 30.8 Å². The molecule has 1 atom stereocenters. The number of fused-ring (bicyclic) bond motifs is 1. The minimum absolute atomic E-state index is 0.176. The highest BCUT2D eigenvalue weighted by Gasteiger charge is 2.47. The first-order valence-electron chi connectivity index (χ1n) is 6.35. The van der Waals surface area contributed by atoms with E-state index in [0.717, 1.165) is 17.0 Å². The highest BCUT2D eigenvalue weighted by Crippen LogP contribution is 2.44. The van der Waals surface area contributed by atoms with E-state index in [9.17, 15) is 9.59 Å². The van der Waals surface area contributed by atoms with Crippen LogP contribution >= 0.6 is 11.8 Å².